The van der Waals surface area contributed by atoms with E-state index in [1.54, 1.807) is 17.1 Å². The lowest BCUT2D eigenvalue weighted by Crippen LogP contribution is -2.43. The molecule has 0 spiro atoms. The molecule has 2 N–H and O–H groups in total. The Kier molecular flexibility index (Phi) is 5.24. The zero-order valence-corrected chi connectivity index (χ0v) is 9.59. The van der Waals surface area contributed by atoms with E-state index in [0.717, 1.165) is 18.6 Å². The third-order valence-electron chi connectivity index (χ3n) is 2.21. The van der Waals surface area contributed by atoms with Crippen LogP contribution in [0.25, 0.3) is 0 Å². The highest BCUT2D eigenvalue weighted by Gasteiger charge is 2.27. The molecule has 1 rings (SSSR count). The molecule has 1 fully saturated rings. The minimum absolute atomic E-state index is 0.338. The number of hydrogen-bond acceptors (Lipinski definition) is 2. The first kappa shape index (κ1) is 13.5. The fourth-order valence-electron chi connectivity index (χ4n) is 1.42. The Morgan fingerprint density at radius 1 is 1.31 bits per heavy atom. The Labute approximate surface area is 96.5 Å². The summed E-state index contributed by atoms with van der Waals surface area (Å²) in [6.07, 6.45) is -1.02. The number of alkyl halides is 3. The van der Waals surface area contributed by atoms with E-state index < -0.39 is 18.8 Å². The van der Waals surface area contributed by atoms with Gasteiger partial charge in [0.2, 0.25) is 0 Å². The predicted octanol–water partition coefficient (Wildman–Crippen LogP) is 2.13. The van der Waals surface area contributed by atoms with Crippen molar-refractivity contribution < 1.29 is 18.0 Å². The molecule has 1 unspecified atom stereocenters. The zero-order valence-electron chi connectivity index (χ0n) is 8.77. The van der Waals surface area contributed by atoms with Gasteiger partial charge in [-0.05, 0) is 18.6 Å². The van der Waals surface area contributed by atoms with Gasteiger partial charge in [-0.15, -0.1) is 0 Å². The summed E-state index contributed by atoms with van der Waals surface area (Å²) in [5, 5.41) is 4.57. The minimum Gasteiger partial charge on any atom is -0.337 e. The molecule has 2 amide bonds. The highest BCUT2D eigenvalue weighted by Crippen LogP contribution is 2.24. The van der Waals surface area contributed by atoms with Crippen LogP contribution in [0.5, 0.6) is 0 Å². The van der Waals surface area contributed by atoms with E-state index in [1.807, 2.05) is 0 Å². The minimum atomic E-state index is -4.35. The first-order valence-electron chi connectivity index (χ1n) is 5.17. The Balaban J connectivity index is 2.09. The summed E-state index contributed by atoms with van der Waals surface area (Å²) < 4.78 is 35.3. The van der Waals surface area contributed by atoms with Crippen molar-refractivity contribution in [1.29, 1.82) is 0 Å². The van der Waals surface area contributed by atoms with Gasteiger partial charge in [-0.3, -0.25) is 0 Å². The van der Waals surface area contributed by atoms with Crippen LogP contribution in [-0.4, -0.2) is 36.3 Å². The quantitative estimate of drug-likeness (QED) is 0.812. The lowest BCUT2D eigenvalue weighted by Gasteiger charge is -2.21. The number of urea groups is 1. The Morgan fingerprint density at radius 3 is 2.62 bits per heavy atom. The first-order chi connectivity index (χ1) is 7.47. The lowest BCUT2D eigenvalue weighted by molar-refractivity contribution is -0.122. The van der Waals surface area contributed by atoms with Crippen molar-refractivity contribution in [3.05, 3.63) is 0 Å². The van der Waals surface area contributed by atoms with E-state index in [1.165, 1.54) is 6.42 Å². The molecule has 1 aliphatic heterocycles. The zero-order chi connectivity index (χ0) is 12.0. The molecule has 1 aliphatic rings. The van der Waals surface area contributed by atoms with Gasteiger partial charge in [0.1, 0.15) is 6.54 Å². The number of nitrogens with one attached hydrogen (secondary N) is 2. The number of rotatable bonds is 3. The van der Waals surface area contributed by atoms with Gasteiger partial charge in [0, 0.05) is 11.8 Å². The van der Waals surface area contributed by atoms with Crippen LogP contribution in [-0.2, 0) is 0 Å². The van der Waals surface area contributed by atoms with Gasteiger partial charge >= 0.3 is 12.2 Å². The van der Waals surface area contributed by atoms with E-state index >= 15 is 0 Å². The molecule has 0 radical (unpaired) electrons. The van der Waals surface area contributed by atoms with Crippen LogP contribution in [0.1, 0.15) is 19.3 Å². The predicted molar refractivity (Wildman–Crippen MR) is 57.6 cm³/mol. The molecule has 1 saturated heterocycles. The van der Waals surface area contributed by atoms with Crippen molar-refractivity contribution in [3.63, 3.8) is 0 Å². The fourth-order valence-corrected chi connectivity index (χ4v) is 2.66. The Bertz CT molecular complexity index is 229. The molecule has 0 aromatic carbocycles. The van der Waals surface area contributed by atoms with Crippen molar-refractivity contribution >= 4 is 17.8 Å². The van der Waals surface area contributed by atoms with Crippen LogP contribution in [0.2, 0.25) is 0 Å². The van der Waals surface area contributed by atoms with Crippen molar-refractivity contribution in [2.75, 3.05) is 18.8 Å². The monoisotopic (exact) mass is 256 g/mol. The maximum absolute atomic E-state index is 11.8. The van der Waals surface area contributed by atoms with Gasteiger partial charge in [0.05, 0.1) is 0 Å². The third kappa shape index (κ3) is 6.09. The molecular weight excluding hydrogens is 241 g/mol. The van der Waals surface area contributed by atoms with Crippen LogP contribution < -0.4 is 10.6 Å². The second-order valence-corrected chi connectivity index (χ2v) is 5.08. The molecule has 7 heteroatoms. The van der Waals surface area contributed by atoms with Crippen LogP contribution in [0, 0.1) is 0 Å². The molecule has 16 heavy (non-hydrogen) atoms. The average molecular weight is 256 g/mol. The van der Waals surface area contributed by atoms with Gasteiger partial charge in [-0.25, -0.2) is 4.79 Å². The molecule has 3 nitrogen and oxygen atoms in total. The van der Waals surface area contributed by atoms with E-state index in [9.17, 15) is 18.0 Å². The summed E-state index contributed by atoms with van der Waals surface area (Å²) in [4.78, 5) is 11.0. The number of carbonyl (C=O) groups excluding carboxylic acids is 1. The molecule has 0 aliphatic carbocycles. The van der Waals surface area contributed by atoms with Crippen LogP contribution in [0.15, 0.2) is 0 Å². The van der Waals surface area contributed by atoms with Gasteiger partial charge in [-0.1, -0.05) is 6.42 Å². The van der Waals surface area contributed by atoms with Crippen molar-refractivity contribution in [2.24, 2.45) is 0 Å². The van der Waals surface area contributed by atoms with Crippen LogP contribution in [0.4, 0.5) is 18.0 Å². The van der Waals surface area contributed by atoms with Gasteiger partial charge in [0.25, 0.3) is 0 Å². The van der Waals surface area contributed by atoms with Crippen LogP contribution >= 0.6 is 11.8 Å². The van der Waals surface area contributed by atoms with Gasteiger partial charge < -0.3 is 10.6 Å². The molecule has 94 valence electrons. The molecule has 0 aromatic heterocycles. The van der Waals surface area contributed by atoms with Crippen molar-refractivity contribution in [1.82, 2.24) is 10.6 Å². The lowest BCUT2D eigenvalue weighted by atomic mass is 10.2. The number of carbonyl (C=O) groups is 1. The first-order valence-corrected chi connectivity index (χ1v) is 6.22. The van der Waals surface area contributed by atoms with E-state index in [4.69, 9.17) is 0 Å². The molecule has 1 heterocycles. The molecule has 1 atom stereocenters. The molecule has 0 aromatic rings. The molecular formula is C9H15F3N2OS. The maximum Gasteiger partial charge on any atom is 0.405 e. The fraction of sp³-hybridized carbons (Fsp3) is 0.889. The Hall–Kier alpha value is -0.590. The number of halogens is 3. The number of amides is 2. The maximum atomic E-state index is 11.8. The van der Waals surface area contributed by atoms with Crippen molar-refractivity contribution in [3.8, 4) is 0 Å². The number of hydrogen-bond donors (Lipinski definition) is 2. The smallest absolute Gasteiger partial charge is 0.337 e. The molecule has 0 saturated carbocycles. The summed E-state index contributed by atoms with van der Waals surface area (Å²) in [6, 6.07) is -0.747. The SMILES string of the molecule is O=C(NCC1CCCCS1)NCC(F)(F)F. The summed E-state index contributed by atoms with van der Waals surface area (Å²) in [5.74, 6) is 1.07. The topological polar surface area (TPSA) is 41.1 Å². The van der Waals surface area contributed by atoms with E-state index in [0.29, 0.717) is 11.8 Å². The summed E-state index contributed by atoms with van der Waals surface area (Å²) in [5.41, 5.74) is 0. The number of thioether (sulfide) groups is 1. The van der Waals surface area contributed by atoms with E-state index in [2.05, 4.69) is 5.32 Å². The standard InChI is InChI=1S/C9H15F3N2OS/c10-9(11,12)6-14-8(15)13-5-7-3-1-2-4-16-7/h7H,1-6H2,(H2,13,14,15). The van der Waals surface area contributed by atoms with E-state index in [-0.39, 0.29) is 0 Å². The normalized spacial score (nSPS) is 21.6. The summed E-state index contributed by atoms with van der Waals surface area (Å²) in [7, 11) is 0. The molecule has 0 bridgehead atoms. The van der Waals surface area contributed by atoms with Gasteiger partial charge in [-0.2, -0.15) is 24.9 Å². The third-order valence-corrected chi connectivity index (χ3v) is 3.61. The summed E-state index contributed by atoms with van der Waals surface area (Å²) in [6.45, 7) is -0.842. The second kappa shape index (κ2) is 6.22. The average Bonchev–Trinajstić information content (AvgIpc) is 2.24. The second-order valence-electron chi connectivity index (χ2n) is 3.67. The van der Waals surface area contributed by atoms with Crippen molar-refractivity contribution in [2.45, 2.75) is 30.7 Å². The van der Waals surface area contributed by atoms with Crippen LogP contribution in [0.3, 0.4) is 0 Å². The highest BCUT2D eigenvalue weighted by atomic mass is 32.2. The Morgan fingerprint density at radius 2 is 2.06 bits per heavy atom. The highest BCUT2D eigenvalue weighted by molar-refractivity contribution is 7.99. The largest absolute Gasteiger partial charge is 0.405 e. The van der Waals surface area contributed by atoms with Gasteiger partial charge in [0.15, 0.2) is 0 Å². The summed E-state index contributed by atoms with van der Waals surface area (Å²) >= 11 is 1.76.